The van der Waals surface area contributed by atoms with Crippen LogP contribution in [0.5, 0.6) is 11.5 Å². The van der Waals surface area contributed by atoms with E-state index in [1.54, 1.807) is 25.3 Å². The van der Waals surface area contributed by atoms with Gasteiger partial charge >= 0.3 is 0 Å². The molecule has 0 saturated heterocycles. The molecule has 0 unspecified atom stereocenters. The van der Waals surface area contributed by atoms with E-state index < -0.39 is 11.3 Å². The van der Waals surface area contributed by atoms with Gasteiger partial charge < -0.3 is 19.2 Å². The minimum Gasteiger partial charge on any atom is -0.497 e. The molecule has 7 nitrogen and oxygen atoms in total. The molecule has 1 N–H and O–H groups in total. The first-order valence-corrected chi connectivity index (χ1v) is 7.02. The maximum atomic E-state index is 12.2. The normalized spacial score (nSPS) is 10.4. The molecule has 7 heteroatoms. The van der Waals surface area contributed by atoms with Gasteiger partial charge in [-0.3, -0.25) is 14.6 Å². The molecule has 0 aliphatic heterocycles. The largest absolute Gasteiger partial charge is 0.497 e. The molecule has 0 radical (unpaired) electrons. The highest BCUT2D eigenvalue weighted by Crippen LogP contribution is 2.22. The number of amides is 1. The summed E-state index contributed by atoms with van der Waals surface area (Å²) in [6.07, 6.45) is 2.61. The van der Waals surface area contributed by atoms with Crippen molar-refractivity contribution in [2.24, 2.45) is 0 Å². The van der Waals surface area contributed by atoms with E-state index in [-0.39, 0.29) is 11.5 Å². The zero-order valence-electron chi connectivity index (χ0n) is 13.0. The predicted octanol–water partition coefficient (Wildman–Crippen LogP) is 2.46. The molecule has 0 spiro atoms. The molecule has 122 valence electrons. The number of nitrogens with zero attached hydrogens (tertiary/aromatic N) is 1. The molecular formula is C17H14N2O5. The number of hydrogen-bond donors (Lipinski definition) is 1. The van der Waals surface area contributed by atoms with Gasteiger partial charge in [-0.1, -0.05) is 0 Å². The maximum absolute atomic E-state index is 12.2. The molecule has 1 aromatic carbocycles. The van der Waals surface area contributed by atoms with Crippen LogP contribution in [0.4, 0.5) is 5.69 Å². The van der Waals surface area contributed by atoms with E-state index in [4.69, 9.17) is 13.9 Å². The number of methoxy groups -OCH3 is 2. The minimum atomic E-state index is -0.551. The Morgan fingerprint density at radius 2 is 2.00 bits per heavy atom. The van der Waals surface area contributed by atoms with E-state index in [0.717, 1.165) is 23.2 Å². The average Bonchev–Trinajstić information content (AvgIpc) is 2.61. The Hall–Kier alpha value is -3.35. The fourth-order valence-corrected chi connectivity index (χ4v) is 2.16. The number of fused-ring (bicyclic) bond motifs is 1. The zero-order chi connectivity index (χ0) is 17.1. The van der Waals surface area contributed by atoms with Crippen molar-refractivity contribution in [2.75, 3.05) is 19.5 Å². The molecule has 0 fully saturated rings. The monoisotopic (exact) mass is 326 g/mol. The summed E-state index contributed by atoms with van der Waals surface area (Å²) in [5, 5.41) is 3.48. The van der Waals surface area contributed by atoms with Gasteiger partial charge in [0, 0.05) is 17.5 Å². The van der Waals surface area contributed by atoms with Crippen LogP contribution in [0.3, 0.4) is 0 Å². The highest BCUT2D eigenvalue weighted by molar-refractivity contribution is 6.02. The molecule has 3 rings (SSSR count). The molecule has 0 saturated carbocycles. The number of carbonyl (C=O) groups excluding carboxylic acids is 1. The smallest absolute Gasteiger partial charge is 0.291 e. The summed E-state index contributed by atoms with van der Waals surface area (Å²) in [5.41, 5.74) is 0.789. The van der Waals surface area contributed by atoms with Gasteiger partial charge in [0.15, 0.2) is 5.76 Å². The topological polar surface area (TPSA) is 90.7 Å². The number of rotatable bonds is 4. The second-order valence-corrected chi connectivity index (χ2v) is 4.91. The van der Waals surface area contributed by atoms with Gasteiger partial charge in [0.2, 0.25) is 11.2 Å². The van der Waals surface area contributed by atoms with Crippen LogP contribution in [0.2, 0.25) is 0 Å². The molecule has 2 aromatic heterocycles. The third kappa shape index (κ3) is 3.05. The van der Waals surface area contributed by atoms with Crippen LogP contribution < -0.4 is 20.2 Å². The van der Waals surface area contributed by atoms with E-state index >= 15 is 0 Å². The minimum absolute atomic E-state index is 0.0351. The molecule has 0 aliphatic rings. The molecule has 3 aromatic rings. The Bertz CT molecular complexity index is 965. The number of pyridine rings is 1. The van der Waals surface area contributed by atoms with E-state index in [2.05, 4.69) is 10.3 Å². The summed E-state index contributed by atoms with van der Waals surface area (Å²) in [6.45, 7) is 0. The summed E-state index contributed by atoms with van der Waals surface area (Å²) >= 11 is 0. The van der Waals surface area contributed by atoms with Crippen molar-refractivity contribution in [1.29, 1.82) is 0 Å². The second kappa shape index (κ2) is 6.41. The molecule has 0 aliphatic carbocycles. The quantitative estimate of drug-likeness (QED) is 0.792. The standard InChI is InChI=1S/C17H14N2O5/c1-22-12-4-3-10-5-11(8-18-13(10)6-12)19-17(21)15-7-14(20)16(23-2)9-24-15/h3-9H,1-2H3,(H,19,21). The van der Waals surface area contributed by atoms with Gasteiger partial charge in [0.05, 0.1) is 31.6 Å². The first-order valence-electron chi connectivity index (χ1n) is 7.02. The van der Waals surface area contributed by atoms with E-state index in [9.17, 15) is 9.59 Å². The Morgan fingerprint density at radius 1 is 1.17 bits per heavy atom. The van der Waals surface area contributed by atoms with Crippen molar-refractivity contribution < 1.29 is 18.7 Å². The lowest BCUT2D eigenvalue weighted by molar-refractivity contribution is 0.0993. The van der Waals surface area contributed by atoms with E-state index in [0.29, 0.717) is 11.4 Å². The summed E-state index contributed by atoms with van der Waals surface area (Å²) in [6, 6.07) is 8.28. The van der Waals surface area contributed by atoms with Crippen molar-refractivity contribution >= 4 is 22.5 Å². The molecule has 24 heavy (non-hydrogen) atoms. The third-order valence-electron chi connectivity index (χ3n) is 3.39. The van der Waals surface area contributed by atoms with Gasteiger partial charge in [-0.05, 0) is 18.2 Å². The number of ether oxygens (including phenoxy) is 2. The summed E-state index contributed by atoms with van der Waals surface area (Å²) in [4.78, 5) is 28.1. The number of carbonyl (C=O) groups is 1. The molecule has 2 heterocycles. The summed E-state index contributed by atoms with van der Waals surface area (Å²) < 4.78 is 15.1. The zero-order valence-corrected chi connectivity index (χ0v) is 13.0. The van der Waals surface area contributed by atoms with Crippen molar-refractivity contribution in [3.8, 4) is 11.5 Å². The fraction of sp³-hybridized carbons (Fsp3) is 0.118. The molecule has 1 amide bonds. The number of hydrogen-bond acceptors (Lipinski definition) is 6. The van der Waals surface area contributed by atoms with E-state index in [1.165, 1.54) is 13.3 Å². The third-order valence-corrected chi connectivity index (χ3v) is 3.39. The van der Waals surface area contributed by atoms with Crippen molar-refractivity contribution in [3.63, 3.8) is 0 Å². The number of anilines is 1. The fourth-order valence-electron chi connectivity index (χ4n) is 2.16. The van der Waals surface area contributed by atoms with Gasteiger partial charge in [-0.15, -0.1) is 0 Å². The van der Waals surface area contributed by atoms with Crippen LogP contribution in [-0.2, 0) is 0 Å². The Kier molecular flexibility index (Phi) is 4.15. The SMILES string of the molecule is COc1ccc2cc(NC(=O)c3cc(=O)c(OC)co3)cnc2c1. The van der Waals surface area contributed by atoms with Gasteiger partial charge in [0.25, 0.3) is 5.91 Å². The van der Waals surface area contributed by atoms with E-state index in [1.807, 2.05) is 6.07 Å². The molecule has 0 atom stereocenters. The molecule has 0 bridgehead atoms. The highest BCUT2D eigenvalue weighted by atomic mass is 16.5. The second-order valence-electron chi connectivity index (χ2n) is 4.91. The number of benzene rings is 1. The van der Waals surface area contributed by atoms with Gasteiger partial charge in [-0.25, -0.2) is 0 Å². The summed E-state index contributed by atoms with van der Waals surface area (Å²) in [5.74, 6) is 0.0692. The van der Waals surface area contributed by atoms with Crippen LogP contribution in [0, 0.1) is 0 Å². The first-order chi connectivity index (χ1) is 11.6. The first kappa shape index (κ1) is 15.5. The highest BCUT2D eigenvalue weighted by Gasteiger charge is 2.12. The Labute approximate surface area is 136 Å². The van der Waals surface area contributed by atoms with Crippen LogP contribution in [0.1, 0.15) is 10.6 Å². The molecular weight excluding hydrogens is 312 g/mol. The van der Waals surface area contributed by atoms with Crippen LogP contribution >= 0.6 is 0 Å². The lowest BCUT2D eigenvalue weighted by Gasteiger charge is -2.07. The van der Waals surface area contributed by atoms with Crippen molar-refractivity contribution in [2.45, 2.75) is 0 Å². The number of nitrogens with one attached hydrogen (secondary N) is 1. The summed E-state index contributed by atoms with van der Waals surface area (Å²) in [7, 11) is 2.93. The number of aromatic nitrogens is 1. The Morgan fingerprint density at radius 3 is 2.71 bits per heavy atom. The van der Waals surface area contributed by atoms with Crippen molar-refractivity contribution in [1.82, 2.24) is 4.98 Å². The van der Waals surface area contributed by atoms with Crippen molar-refractivity contribution in [3.05, 3.63) is 58.8 Å². The van der Waals surface area contributed by atoms with Crippen LogP contribution in [0.15, 0.2) is 52.0 Å². The van der Waals surface area contributed by atoms with Gasteiger partial charge in [0.1, 0.15) is 12.0 Å². The van der Waals surface area contributed by atoms with Crippen LogP contribution in [-0.4, -0.2) is 25.1 Å². The lowest BCUT2D eigenvalue weighted by atomic mass is 10.2. The lowest BCUT2D eigenvalue weighted by Crippen LogP contribution is -2.15. The maximum Gasteiger partial charge on any atom is 0.291 e. The van der Waals surface area contributed by atoms with Gasteiger partial charge in [-0.2, -0.15) is 0 Å². The Balaban J connectivity index is 1.85. The van der Waals surface area contributed by atoms with Crippen LogP contribution in [0.25, 0.3) is 10.9 Å². The average molecular weight is 326 g/mol. The predicted molar refractivity (Wildman–Crippen MR) is 87.8 cm³/mol.